The standard InChI is InChI=1S/C22H22N6/c1-14-5-9-17(10-6-14)25-21-19(13-23)16(3)20(28-24-4)22(27-21)26-18-11-7-15(2)8-12-18/h5-12H,1-4H3,(H2,25,26,27). The largest absolute Gasteiger partial charge is 0.339 e. The van der Waals surface area contributed by atoms with Gasteiger partial charge in [-0.2, -0.15) is 15.5 Å². The molecule has 6 heteroatoms. The van der Waals surface area contributed by atoms with E-state index >= 15 is 0 Å². The molecule has 6 nitrogen and oxygen atoms in total. The third kappa shape index (κ3) is 4.15. The maximum Gasteiger partial charge on any atom is 0.161 e. The number of benzene rings is 2. The van der Waals surface area contributed by atoms with Crippen molar-refractivity contribution < 1.29 is 0 Å². The Kier molecular flexibility index (Phi) is 5.66. The van der Waals surface area contributed by atoms with Gasteiger partial charge in [-0.05, 0) is 45.0 Å². The Hall–Kier alpha value is -3.72. The maximum absolute atomic E-state index is 9.70. The van der Waals surface area contributed by atoms with Crippen molar-refractivity contribution in [3.8, 4) is 6.07 Å². The van der Waals surface area contributed by atoms with Gasteiger partial charge >= 0.3 is 0 Å². The Bertz CT molecular complexity index is 1040. The number of nitrogens with one attached hydrogen (secondary N) is 2. The van der Waals surface area contributed by atoms with E-state index in [9.17, 15) is 5.26 Å². The van der Waals surface area contributed by atoms with Gasteiger partial charge in [-0.1, -0.05) is 35.4 Å². The summed E-state index contributed by atoms with van der Waals surface area (Å²) in [5.41, 5.74) is 5.79. The van der Waals surface area contributed by atoms with Crippen LogP contribution in [0.25, 0.3) is 0 Å². The van der Waals surface area contributed by atoms with E-state index in [0.717, 1.165) is 16.9 Å². The van der Waals surface area contributed by atoms with Crippen LogP contribution in [-0.4, -0.2) is 12.0 Å². The molecule has 140 valence electrons. The summed E-state index contributed by atoms with van der Waals surface area (Å²) < 4.78 is 0. The predicted octanol–water partition coefficient (Wildman–Crippen LogP) is 6.08. The lowest BCUT2D eigenvalue weighted by Crippen LogP contribution is -2.04. The highest BCUT2D eigenvalue weighted by atomic mass is 15.1. The highest BCUT2D eigenvalue weighted by molar-refractivity contribution is 5.79. The molecule has 0 saturated carbocycles. The summed E-state index contributed by atoms with van der Waals surface area (Å²) in [5.74, 6) is 1.02. The van der Waals surface area contributed by atoms with Crippen LogP contribution in [0.1, 0.15) is 22.3 Å². The van der Waals surface area contributed by atoms with Crippen molar-refractivity contribution in [2.45, 2.75) is 20.8 Å². The van der Waals surface area contributed by atoms with Crippen molar-refractivity contribution in [3.05, 3.63) is 70.8 Å². The summed E-state index contributed by atoms with van der Waals surface area (Å²) in [4.78, 5) is 4.66. The molecule has 0 saturated heterocycles. The zero-order chi connectivity index (χ0) is 20.1. The number of rotatable bonds is 5. The summed E-state index contributed by atoms with van der Waals surface area (Å²) in [6, 6.07) is 18.2. The number of azo groups is 1. The number of aromatic nitrogens is 1. The molecule has 0 aliphatic rings. The summed E-state index contributed by atoms with van der Waals surface area (Å²) in [6.45, 7) is 5.92. The fraction of sp³-hybridized carbons (Fsp3) is 0.182. The molecule has 0 radical (unpaired) electrons. The van der Waals surface area contributed by atoms with Crippen LogP contribution >= 0.6 is 0 Å². The lowest BCUT2D eigenvalue weighted by Gasteiger charge is -2.16. The number of nitrogens with zero attached hydrogens (tertiary/aromatic N) is 4. The molecule has 1 heterocycles. The minimum absolute atomic E-state index is 0.442. The molecule has 3 aromatic rings. The quantitative estimate of drug-likeness (QED) is 0.533. The SMILES string of the molecule is CN=Nc1c(Nc2ccc(C)cc2)nc(Nc2ccc(C)cc2)c(C#N)c1C. The van der Waals surface area contributed by atoms with E-state index in [1.54, 1.807) is 7.05 Å². The van der Waals surface area contributed by atoms with Gasteiger partial charge in [0, 0.05) is 24.0 Å². The normalized spacial score (nSPS) is 10.7. The molecule has 2 N–H and O–H groups in total. The van der Waals surface area contributed by atoms with Crippen molar-refractivity contribution in [1.82, 2.24) is 4.98 Å². The lowest BCUT2D eigenvalue weighted by molar-refractivity contribution is 1.12. The molecule has 0 unspecified atom stereocenters. The molecule has 0 amide bonds. The molecule has 2 aromatic carbocycles. The Morgan fingerprint density at radius 3 is 1.79 bits per heavy atom. The molecular formula is C22H22N6. The van der Waals surface area contributed by atoms with E-state index < -0.39 is 0 Å². The van der Waals surface area contributed by atoms with E-state index in [-0.39, 0.29) is 0 Å². The summed E-state index contributed by atoms with van der Waals surface area (Å²) in [6.07, 6.45) is 0. The maximum atomic E-state index is 9.70. The van der Waals surface area contributed by atoms with Crippen molar-refractivity contribution in [2.75, 3.05) is 17.7 Å². The van der Waals surface area contributed by atoms with E-state index in [1.807, 2.05) is 69.3 Å². The van der Waals surface area contributed by atoms with Crippen LogP contribution in [0.15, 0.2) is 58.8 Å². The average Bonchev–Trinajstić information content (AvgIpc) is 2.68. The topological polar surface area (TPSA) is 85.5 Å². The number of anilines is 4. The summed E-state index contributed by atoms with van der Waals surface area (Å²) >= 11 is 0. The van der Waals surface area contributed by atoms with Crippen molar-refractivity contribution in [3.63, 3.8) is 0 Å². The van der Waals surface area contributed by atoms with Crippen LogP contribution in [0.3, 0.4) is 0 Å². The number of pyridine rings is 1. The van der Waals surface area contributed by atoms with Gasteiger partial charge in [0.05, 0.1) is 5.56 Å². The number of aryl methyl sites for hydroxylation is 2. The molecule has 0 atom stereocenters. The number of hydrogen-bond acceptors (Lipinski definition) is 6. The van der Waals surface area contributed by atoms with Crippen molar-refractivity contribution >= 4 is 28.7 Å². The highest BCUT2D eigenvalue weighted by Crippen LogP contribution is 2.36. The molecule has 3 rings (SSSR count). The molecule has 0 aliphatic carbocycles. The second-order valence-corrected chi connectivity index (χ2v) is 6.55. The lowest BCUT2D eigenvalue weighted by atomic mass is 10.1. The molecule has 0 spiro atoms. The second kappa shape index (κ2) is 8.31. The van der Waals surface area contributed by atoms with Crippen molar-refractivity contribution in [2.24, 2.45) is 10.2 Å². The molecule has 0 bridgehead atoms. The number of nitriles is 1. The van der Waals surface area contributed by atoms with Gasteiger partial charge in [0.25, 0.3) is 0 Å². The molecule has 0 aliphatic heterocycles. The first-order valence-electron chi connectivity index (χ1n) is 8.93. The minimum Gasteiger partial charge on any atom is -0.339 e. The first-order chi connectivity index (χ1) is 13.5. The summed E-state index contributed by atoms with van der Waals surface area (Å²) in [5, 5.41) is 24.4. The Morgan fingerprint density at radius 2 is 1.32 bits per heavy atom. The zero-order valence-corrected chi connectivity index (χ0v) is 16.4. The Balaban J connectivity index is 2.08. The molecular weight excluding hydrogens is 348 g/mol. The zero-order valence-electron chi connectivity index (χ0n) is 16.4. The molecule has 28 heavy (non-hydrogen) atoms. The first-order valence-corrected chi connectivity index (χ1v) is 8.93. The average molecular weight is 370 g/mol. The van der Waals surface area contributed by atoms with Gasteiger partial charge in [-0.15, -0.1) is 0 Å². The third-order valence-corrected chi connectivity index (χ3v) is 4.36. The highest BCUT2D eigenvalue weighted by Gasteiger charge is 2.18. The van der Waals surface area contributed by atoms with E-state index in [0.29, 0.717) is 28.5 Å². The van der Waals surface area contributed by atoms with Gasteiger partial charge in [0.1, 0.15) is 11.8 Å². The minimum atomic E-state index is 0.442. The van der Waals surface area contributed by atoms with Gasteiger partial charge in [-0.3, -0.25) is 0 Å². The number of hydrogen-bond donors (Lipinski definition) is 2. The second-order valence-electron chi connectivity index (χ2n) is 6.55. The van der Waals surface area contributed by atoms with E-state index in [2.05, 4.69) is 31.9 Å². The smallest absolute Gasteiger partial charge is 0.161 e. The van der Waals surface area contributed by atoms with Crippen LogP contribution in [0.4, 0.5) is 28.7 Å². The van der Waals surface area contributed by atoms with E-state index in [4.69, 9.17) is 0 Å². The van der Waals surface area contributed by atoms with Crippen LogP contribution in [0.2, 0.25) is 0 Å². The fourth-order valence-corrected chi connectivity index (χ4v) is 2.78. The van der Waals surface area contributed by atoms with Gasteiger partial charge in [-0.25, -0.2) is 4.98 Å². The van der Waals surface area contributed by atoms with E-state index in [1.165, 1.54) is 5.56 Å². The first kappa shape index (κ1) is 19.1. The van der Waals surface area contributed by atoms with Crippen LogP contribution in [0.5, 0.6) is 0 Å². The van der Waals surface area contributed by atoms with Crippen molar-refractivity contribution in [1.29, 1.82) is 5.26 Å². The van der Waals surface area contributed by atoms with Crippen LogP contribution < -0.4 is 10.6 Å². The molecule has 0 fully saturated rings. The third-order valence-electron chi connectivity index (χ3n) is 4.36. The predicted molar refractivity (Wildman–Crippen MR) is 113 cm³/mol. The molecule has 1 aromatic heterocycles. The monoisotopic (exact) mass is 370 g/mol. The Labute approximate surface area is 165 Å². The van der Waals surface area contributed by atoms with Gasteiger partial charge in [0.2, 0.25) is 0 Å². The van der Waals surface area contributed by atoms with Gasteiger partial charge < -0.3 is 10.6 Å². The van der Waals surface area contributed by atoms with Crippen LogP contribution in [0, 0.1) is 32.1 Å². The van der Waals surface area contributed by atoms with Gasteiger partial charge in [0.15, 0.2) is 11.6 Å². The van der Waals surface area contributed by atoms with Crippen LogP contribution in [-0.2, 0) is 0 Å². The fourth-order valence-electron chi connectivity index (χ4n) is 2.78. The summed E-state index contributed by atoms with van der Waals surface area (Å²) in [7, 11) is 1.60. The Morgan fingerprint density at radius 1 is 0.821 bits per heavy atom.